The number of nitrogens with one attached hydrogen (secondary N) is 2. The van der Waals surface area contributed by atoms with Gasteiger partial charge >= 0.3 is 0 Å². The Morgan fingerprint density at radius 3 is 2.61 bits per heavy atom. The summed E-state index contributed by atoms with van der Waals surface area (Å²) in [4.78, 5) is 4.26. The molecule has 0 aromatic heterocycles. The van der Waals surface area contributed by atoms with Crippen LogP contribution in [0.5, 0.6) is 5.75 Å². The first-order valence-electron chi connectivity index (χ1n) is 10.0. The molecule has 1 aromatic carbocycles. The Kier molecular flexibility index (Phi) is 13.3. The van der Waals surface area contributed by atoms with Crippen molar-refractivity contribution in [3.8, 4) is 5.75 Å². The SMILES string of the molecule is CN=C(NCCCOC1CCOC1)NCCc1ccc(OCC(C)C)cc1.I. The lowest BCUT2D eigenvalue weighted by Crippen LogP contribution is -2.39. The van der Waals surface area contributed by atoms with Gasteiger partial charge in [-0.2, -0.15) is 0 Å². The highest BCUT2D eigenvalue weighted by atomic mass is 127. The largest absolute Gasteiger partial charge is 0.493 e. The molecule has 0 saturated carbocycles. The zero-order valence-corrected chi connectivity index (χ0v) is 19.7. The quantitative estimate of drug-likeness (QED) is 0.209. The molecule has 7 heteroatoms. The third-order valence-electron chi connectivity index (χ3n) is 4.29. The van der Waals surface area contributed by atoms with Gasteiger partial charge in [-0.15, -0.1) is 24.0 Å². The van der Waals surface area contributed by atoms with Crippen molar-refractivity contribution in [2.75, 3.05) is 46.6 Å². The second kappa shape index (κ2) is 14.9. The highest BCUT2D eigenvalue weighted by Crippen LogP contribution is 2.13. The summed E-state index contributed by atoms with van der Waals surface area (Å²) in [6.07, 6.45) is 3.19. The summed E-state index contributed by atoms with van der Waals surface area (Å²) in [5.41, 5.74) is 1.28. The van der Waals surface area contributed by atoms with Crippen molar-refractivity contribution >= 4 is 29.9 Å². The summed E-state index contributed by atoms with van der Waals surface area (Å²) < 4.78 is 16.8. The molecule has 1 heterocycles. The van der Waals surface area contributed by atoms with Crippen LogP contribution >= 0.6 is 24.0 Å². The Balaban J connectivity index is 0.00000392. The van der Waals surface area contributed by atoms with Gasteiger partial charge < -0.3 is 24.8 Å². The third kappa shape index (κ3) is 10.5. The van der Waals surface area contributed by atoms with Gasteiger partial charge in [0.2, 0.25) is 0 Å². The van der Waals surface area contributed by atoms with E-state index in [1.54, 1.807) is 7.05 Å². The number of ether oxygens (including phenoxy) is 3. The predicted molar refractivity (Wildman–Crippen MR) is 125 cm³/mol. The summed E-state index contributed by atoms with van der Waals surface area (Å²) in [6.45, 7) is 9.05. The molecule has 1 aliphatic rings. The van der Waals surface area contributed by atoms with Crippen LogP contribution in [0.25, 0.3) is 0 Å². The van der Waals surface area contributed by atoms with E-state index in [1.165, 1.54) is 5.56 Å². The van der Waals surface area contributed by atoms with Gasteiger partial charge in [0, 0.05) is 33.4 Å². The number of halogens is 1. The number of hydrogen-bond donors (Lipinski definition) is 2. The minimum Gasteiger partial charge on any atom is -0.493 e. The number of nitrogens with zero attached hydrogens (tertiary/aromatic N) is 1. The van der Waals surface area contributed by atoms with Crippen LogP contribution in [-0.4, -0.2) is 58.6 Å². The topological polar surface area (TPSA) is 64.1 Å². The second-order valence-electron chi connectivity index (χ2n) is 7.23. The Bertz CT molecular complexity index is 546. The minimum atomic E-state index is 0. The van der Waals surface area contributed by atoms with Crippen LogP contribution in [0.4, 0.5) is 0 Å². The molecule has 2 N–H and O–H groups in total. The molecule has 1 aromatic rings. The van der Waals surface area contributed by atoms with Crippen LogP contribution in [0.3, 0.4) is 0 Å². The van der Waals surface area contributed by atoms with Crippen molar-refractivity contribution < 1.29 is 14.2 Å². The van der Waals surface area contributed by atoms with Crippen LogP contribution < -0.4 is 15.4 Å². The zero-order valence-electron chi connectivity index (χ0n) is 17.4. The third-order valence-corrected chi connectivity index (χ3v) is 4.29. The Hall–Kier alpha value is -1.06. The van der Waals surface area contributed by atoms with Crippen molar-refractivity contribution in [2.45, 2.75) is 39.2 Å². The lowest BCUT2D eigenvalue weighted by atomic mass is 10.1. The van der Waals surface area contributed by atoms with E-state index < -0.39 is 0 Å². The maximum absolute atomic E-state index is 5.76. The summed E-state index contributed by atoms with van der Waals surface area (Å²) in [7, 11) is 1.79. The lowest BCUT2D eigenvalue weighted by molar-refractivity contribution is 0.0420. The molecule has 0 radical (unpaired) electrons. The molecule has 6 nitrogen and oxygen atoms in total. The van der Waals surface area contributed by atoms with Crippen molar-refractivity contribution in [3.63, 3.8) is 0 Å². The van der Waals surface area contributed by atoms with Crippen molar-refractivity contribution in [1.82, 2.24) is 10.6 Å². The molecule has 1 saturated heterocycles. The van der Waals surface area contributed by atoms with Crippen LogP contribution in [0, 0.1) is 5.92 Å². The molecule has 0 aliphatic carbocycles. The fourth-order valence-corrected chi connectivity index (χ4v) is 2.73. The smallest absolute Gasteiger partial charge is 0.190 e. The summed E-state index contributed by atoms with van der Waals surface area (Å²) in [5, 5.41) is 6.68. The summed E-state index contributed by atoms with van der Waals surface area (Å²) in [5.74, 6) is 2.30. The molecule has 160 valence electrons. The first-order chi connectivity index (χ1) is 13.2. The number of aliphatic imine (C=N–C) groups is 1. The molecule has 0 bridgehead atoms. The molecule has 1 unspecified atom stereocenters. The van der Waals surface area contributed by atoms with E-state index in [9.17, 15) is 0 Å². The van der Waals surface area contributed by atoms with Gasteiger partial charge in [0.25, 0.3) is 0 Å². The Morgan fingerprint density at radius 1 is 1.21 bits per heavy atom. The Labute approximate surface area is 186 Å². The van der Waals surface area contributed by atoms with E-state index >= 15 is 0 Å². The van der Waals surface area contributed by atoms with Crippen LogP contribution in [-0.2, 0) is 15.9 Å². The highest BCUT2D eigenvalue weighted by Gasteiger charge is 2.15. The lowest BCUT2D eigenvalue weighted by Gasteiger charge is -2.13. The predicted octanol–water partition coefficient (Wildman–Crippen LogP) is 3.24. The van der Waals surface area contributed by atoms with Gasteiger partial charge in [-0.05, 0) is 42.9 Å². The van der Waals surface area contributed by atoms with E-state index in [0.29, 0.717) is 5.92 Å². The van der Waals surface area contributed by atoms with Gasteiger partial charge in [0.15, 0.2) is 5.96 Å². The van der Waals surface area contributed by atoms with Gasteiger partial charge in [-0.25, -0.2) is 0 Å². The van der Waals surface area contributed by atoms with Crippen LogP contribution in [0.15, 0.2) is 29.3 Å². The van der Waals surface area contributed by atoms with Crippen molar-refractivity contribution in [3.05, 3.63) is 29.8 Å². The van der Waals surface area contributed by atoms with Crippen LogP contribution in [0.1, 0.15) is 32.3 Å². The van der Waals surface area contributed by atoms with E-state index in [0.717, 1.165) is 70.5 Å². The zero-order chi connectivity index (χ0) is 19.3. The molecular weight excluding hydrogens is 469 g/mol. The molecule has 0 amide bonds. The monoisotopic (exact) mass is 505 g/mol. The minimum absolute atomic E-state index is 0. The molecule has 28 heavy (non-hydrogen) atoms. The van der Waals surface area contributed by atoms with Crippen molar-refractivity contribution in [1.29, 1.82) is 0 Å². The Morgan fingerprint density at radius 2 is 1.96 bits per heavy atom. The molecular formula is C21H36IN3O3. The highest BCUT2D eigenvalue weighted by molar-refractivity contribution is 14.0. The normalized spacial score (nSPS) is 16.7. The first-order valence-corrected chi connectivity index (χ1v) is 10.0. The maximum Gasteiger partial charge on any atom is 0.190 e. The standard InChI is InChI=1S/C21H35N3O3.HI/c1-17(2)15-27-19-7-5-18(6-8-19)9-12-24-21(22-3)23-11-4-13-26-20-10-14-25-16-20;/h5-8,17,20H,4,9-16H2,1-3H3,(H2,22,23,24);1H. The van der Waals surface area contributed by atoms with E-state index in [1.807, 2.05) is 12.1 Å². The van der Waals surface area contributed by atoms with E-state index in [4.69, 9.17) is 14.2 Å². The molecule has 1 fully saturated rings. The maximum atomic E-state index is 5.76. The number of rotatable bonds is 11. The fraction of sp³-hybridized carbons (Fsp3) is 0.667. The van der Waals surface area contributed by atoms with E-state index in [-0.39, 0.29) is 30.1 Å². The molecule has 2 rings (SSSR count). The second-order valence-corrected chi connectivity index (χ2v) is 7.23. The molecule has 1 aliphatic heterocycles. The molecule has 0 spiro atoms. The number of hydrogen-bond acceptors (Lipinski definition) is 4. The van der Waals surface area contributed by atoms with Gasteiger partial charge in [-0.3, -0.25) is 4.99 Å². The average molecular weight is 505 g/mol. The summed E-state index contributed by atoms with van der Waals surface area (Å²) >= 11 is 0. The van der Waals surface area contributed by atoms with Crippen molar-refractivity contribution in [2.24, 2.45) is 10.9 Å². The average Bonchev–Trinajstić information content (AvgIpc) is 3.19. The first kappa shape index (κ1) is 25.0. The number of guanidine groups is 1. The van der Waals surface area contributed by atoms with E-state index in [2.05, 4.69) is 41.6 Å². The number of benzene rings is 1. The van der Waals surface area contributed by atoms with Gasteiger partial charge in [0.05, 0.1) is 19.3 Å². The molecule has 1 atom stereocenters. The van der Waals surface area contributed by atoms with Crippen LogP contribution in [0.2, 0.25) is 0 Å². The summed E-state index contributed by atoms with van der Waals surface area (Å²) in [6, 6.07) is 8.33. The van der Waals surface area contributed by atoms with Gasteiger partial charge in [0.1, 0.15) is 5.75 Å². The van der Waals surface area contributed by atoms with Gasteiger partial charge in [-0.1, -0.05) is 26.0 Å². The fourth-order valence-electron chi connectivity index (χ4n) is 2.73.